The second kappa shape index (κ2) is 5.30. The molecule has 0 fully saturated rings. The van der Waals surface area contributed by atoms with E-state index in [1.807, 2.05) is 47.3 Å². The van der Waals surface area contributed by atoms with Gasteiger partial charge in [0.1, 0.15) is 6.33 Å². The van der Waals surface area contributed by atoms with Crippen LogP contribution in [0.4, 0.5) is 5.69 Å². The van der Waals surface area contributed by atoms with Crippen molar-refractivity contribution in [1.29, 1.82) is 0 Å². The van der Waals surface area contributed by atoms with Gasteiger partial charge in [-0.3, -0.25) is 0 Å². The van der Waals surface area contributed by atoms with Crippen LogP contribution in [0.15, 0.2) is 61.3 Å². The lowest BCUT2D eigenvalue weighted by Crippen LogP contribution is -2.02. The molecule has 0 amide bonds. The molecule has 0 saturated heterocycles. The van der Waals surface area contributed by atoms with Gasteiger partial charge in [-0.15, -0.1) is 0 Å². The summed E-state index contributed by atoms with van der Waals surface area (Å²) in [7, 11) is 0. The highest BCUT2D eigenvalue weighted by atomic mass is 15.3. The molecule has 5 nitrogen and oxygen atoms in total. The highest BCUT2D eigenvalue weighted by molar-refractivity contribution is 5.48. The van der Waals surface area contributed by atoms with Gasteiger partial charge in [-0.2, -0.15) is 5.10 Å². The number of anilines is 1. The van der Waals surface area contributed by atoms with Gasteiger partial charge in [0.2, 0.25) is 0 Å². The highest BCUT2D eigenvalue weighted by Gasteiger charge is 1.97. The van der Waals surface area contributed by atoms with Crippen LogP contribution in [0.25, 0.3) is 5.69 Å². The third-order valence-corrected chi connectivity index (χ3v) is 2.75. The van der Waals surface area contributed by atoms with E-state index >= 15 is 0 Å². The first-order chi connectivity index (χ1) is 9.42. The van der Waals surface area contributed by atoms with Crippen molar-refractivity contribution in [3.63, 3.8) is 0 Å². The standard InChI is InChI=1S/C14H13N5/c1-7-18-19(9-1)14-4-2-12(3-5-14)16-10-13-6-8-15-11-17-13/h1-9,11,16H,10H2. The van der Waals surface area contributed by atoms with Crippen LogP contribution in [0.5, 0.6) is 0 Å². The third kappa shape index (κ3) is 2.77. The average Bonchev–Trinajstić information content (AvgIpc) is 3.01. The summed E-state index contributed by atoms with van der Waals surface area (Å²) in [6.45, 7) is 0.684. The minimum Gasteiger partial charge on any atom is -0.379 e. The zero-order valence-electron chi connectivity index (χ0n) is 10.3. The zero-order chi connectivity index (χ0) is 12.9. The van der Waals surface area contributed by atoms with E-state index in [-0.39, 0.29) is 0 Å². The van der Waals surface area contributed by atoms with Gasteiger partial charge in [-0.25, -0.2) is 14.6 Å². The molecule has 0 aliphatic carbocycles. The number of benzene rings is 1. The quantitative estimate of drug-likeness (QED) is 0.773. The van der Waals surface area contributed by atoms with Crippen molar-refractivity contribution in [3.05, 3.63) is 67.0 Å². The molecule has 2 heterocycles. The SMILES string of the molecule is c1cnn(-c2ccc(NCc3ccncn3)cc2)c1. The molecular formula is C14H13N5. The van der Waals surface area contributed by atoms with E-state index in [9.17, 15) is 0 Å². The summed E-state index contributed by atoms with van der Waals surface area (Å²) in [5.41, 5.74) is 3.05. The van der Waals surface area contributed by atoms with Crippen LogP contribution in [0.3, 0.4) is 0 Å². The van der Waals surface area contributed by atoms with Crippen molar-refractivity contribution in [2.45, 2.75) is 6.54 Å². The predicted molar refractivity (Wildman–Crippen MR) is 72.9 cm³/mol. The molecule has 1 N–H and O–H groups in total. The molecule has 94 valence electrons. The Bertz CT molecular complexity index is 617. The van der Waals surface area contributed by atoms with E-state index in [1.165, 1.54) is 0 Å². The number of hydrogen-bond acceptors (Lipinski definition) is 4. The summed E-state index contributed by atoms with van der Waals surface area (Å²) in [6.07, 6.45) is 6.98. The van der Waals surface area contributed by atoms with Crippen LogP contribution in [-0.2, 0) is 6.54 Å². The van der Waals surface area contributed by atoms with Gasteiger partial charge in [0.05, 0.1) is 17.9 Å². The second-order valence-corrected chi connectivity index (χ2v) is 4.05. The lowest BCUT2D eigenvalue weighted by Gasteiger charge is -2.07. The number of nitrogens with one attached hydrogen (secondary N) is 1. The molecule has 0 bridgehead atoms. The molecule has 2 aromatic heterocycles. The van der Waals surface area contributed by atoms with Crippen molar-refractivity contribution in [2.75, 3.05) is 5.32 Å². The fraction of sp³-hybridized carbons (Fsp3) is 0.0714. The molecule has 19 heavy (non-hydrogen) atoms. The fourth-order valence-corrected chi connectivity index (χ4v) is 1.77. The molecule has 0 aliphatic heterocycles. The topological polar surface area (TPSA) is 55.6 Å². The van der Waals surface area contributed by atoms with E-state index in [0.29, 0.717) is 6.54 Å². The van der Waals surface area contributed by atoms with Crippen molar-refractivity contribution in [3.8, 4) is 5.69 Å². The summed E-state index contributed by atoms with van der Waals surface area (Å²) < 4.78 is 1.83. The minimum absolute atomic E-state index is 0.684. The maximum atomic E-state index is 4.19. The Morgan fingerprint density at radius 3 is 2.63 bits per heavy atom. The van der Waals surface area contributed by atoms with Gasteiger partial charge >= 0.3 is 0 Å². The minimum atomic E-state index is 0.684. The lowest BCUT2D eigenvalue weighted by atomic mass is 10.2. The number of aromatic nitrogens is 4. The van der Waals surface area contributed by atoms with Gasteiger partial charge in [-0.05, 0) is 36.4 Å². The molecule has 3 rings (SSSR count). The van der Waals surface area contributed by atoms with Gasteiger partial charge in [-0.1, -0.05) is 0 Å². The molecule has 5 heteroatoms. The zero-order valence-corrected chi connectivity index (χ0v) is 10.3. The highest BCUT2D eigenvalue weighted by Crippen LogP contribution is 2.13. The van der Waals surface area contributed by atoms with Crippen LogP contribution in [0, 0.1) is 0 Å². The van der Waals surface area contributed by atoms with E-state index < -0.39 is 0 Å². The maximum absolute atomic E-state index is 4.19. The van der Waals surface area contributed by atoms with Crippen LogP contribution >= 0.6 is 0 Å². The largest absolute Gasteiger partial charge is 0.379 e. The van der Waals surface area contributed by atoms with Crippen molar-refractivity contribution in [1.82, 2.24) is 19.7 Å². The molecule has 0 saturated carbocycles. The predicted octanol–water partition coefficient (Wildman–Crippen LogP) is 2.27. The van der Waals surface area contributed by atoms with E-state index in [1.54, 1.807) is 18.7 Å². The van der Waals surface area contributed by atoms with E-state index in [4.69, 9.17) is 0 Å². The first-order valence-corrected chi connectivity index (χ1v) is 6.01. The maximum Gasteiger partial charge on any atom is 0.115 e. The summed E-state index contributed by atoms with van der Waals surface area (Å²) in [5.74, 6) is 0. The lowest BCUT2D eigenvalue weighted by molar-refractivity contribution is 0.880. The van der Waals surface area contributed by atoms with E-state index in [2.05, 4.69) is 20.4 Å². The Hall–Kier alpha value is -2.69. The first-order valence-electron chi connectivity index (χ1n) is 6.01. The number of rotatable bonds is 4. The smallest absolute Gasteiger partial charge is 0.115 e. The Labute approximate surface area is 111 Å². The number of nitrogens with zero attached hydrogens (tertiary/aromatic N) is 4. The molecule has 0 radical (unpaired) electrons. The Morgan fingerprint density at radius 2 is 1.95 bits per heavy atom. The Kier molecular flexibility index (Phi) is 3.18. The van der Waals surface area contributed by atoms with Crippen molar-refractivity contribution >= 4 is 5.69 Å². The molecule has 0 unspecified atom stereocenters. The number of hydrogen-bond donors (Lipinski definition) is 1. The Morgan fingerprint density at radius 1 is 1.05 bits per heavy atom. The van der Waals surface area contributed by atoms with Crippen LogP contribution < -0.4 is 5.32 Å². The third-order valence-electron chi connectivity index (χ3n) is 2.75. The average molecular weight is 251 g/mol. The summed E-state index contributed by atoms with van der Waals surface area (Å²) in [6, 6.07) is 11.9. The van der Waals surface area contributed by atoms with Gasteiger partial charge in [0, 0.05) is 24.3 Å². The summed E-state index contributed by atoms with van der Waals surface area (Å²) in [5, 5.41) is 7.50. The van der Waals surface area contributed by atoms with Gasteiger partial charge in [0.25, 0.3) is 0 Å². The molecule has 3 aromatic rings. The van der Waals surface area contributed by atoms with Gasteiger partial charge < -0.3 is 5.32 Å². The molecule has 0 spiro atoms. The van der Waals surface area contributed by atoms with Gasteiger partial charge in [0.15, 0.2) is 0 Å². The fourth-order valence-electron chi connectivity index (χ4n) is 1.77. The summed E-state index contributed by atoms with van der Waals surface area (Å²) >= 11 is 0. The first kappa shape index (κ1) is 11.4. The Balaban J connectivity index is 1.67. The van der Waals surface area contributed by atoms with Crippen molar-refractivity contribution < 1.29 is 0 Å². The molecular weight excluding hydrogens is 238 g/mol. The van der Waals surface area contributed by atoms with E-state index in [0.717, 1.165) is 17.1 Å². The van der Waals surface area contributed by atoms with Crippen LogP contribution in [0.2, 0.25) is 0 Å². The molecule has 0 aliphatic rings. The molecule has 0 atom stereocenters. The normalized spacial score (nSPS) is 10.3. The summed E-state index contributed by atoms with van der Waals surface area (Å²) in [4.78, 5) is 8.06. The van der Waals surface area contributed by atoms with Crippen LogP contribution in [-0.4, -0.2) is 19.7 Å². The monoisotopic (exact) mass is 251 g/mol. The van der Waals surface area contributed by atoms with Crippen LogP contribution in [0.1, 0.15) is 5.69 Å². The molecule has 1 aromatic carbocycles. The second-order valence-electron chi connectivity index (χ2n) is 4.05. The van der Waals surface area contributed by atoms with Crippen molar-refractivity contribution in [2.24, 2.45) is 0 Å².